The van der Waals surface area contributed by atoms with Crippen molar-refractivity contribution in [3.8, 4) is 11.8 Å². The summed E-state index contributed by atoms with van der Waals surface area (Å²) < 4.78 is 7.35. The van der Waals surface area contributed by atoms with Gasteiger partial charge in [0.1, 0.15) is 17.0 Å². The first-order valence-electron chi connectivity index (χ1n) is 7.60. The van der Waals surface area contributed by atoms with E-state index in [2.05, 4.69) is 6.07 Å². The molecule has 2 aromatic rings. The van der Waals surface area contributed by atoms with Gasteiger partial charge in [0.2, 0.25) is 0 Å². The number of anilines is 1. The van der Waals surface area contributed by atoms with Crippen LogP contribution >= 0.6 is 0 Å². The Hall–Kier alpha value is -2.78. The van der Waals surface area contributed by atoms with E-state index in [0.29, 0.717) is 22.6 Å². The number of aliphatic hydroxyl groups is 1. The molecule has 2 heterocycles. The number of pyridine rings is 1. The summed E-state index contributed by atoms with van der Waals surface area (Å²) in [6.07, 6.45) is 1.51. The van der Waals surface area contributed by atoms with Crippen molar-refractivity contribution in [2.75, 3.05) is 5.73 Å². The maximum atomic E-state index is 12.4. The van der Waals surface area contributed by atoms with Gasteiger partial charge in [0.15, 0.2) is 0 Å². The third kappa shape index (κ3) is 2.25. The monoisotopic (exact) mass is 325 g/mol. The molecule has 1 aliphatic heterocycles. The minimum atomic E-state index is -1.41. The number of benzene rings is 1. The Labute approximate surface area is 139 Å². The SMILES string of the molecule is CC1(C)Oc2ccc(C#N)cc2C(n2cc(N)ccc2=O)C1(C)O. The summed E-state index contributed by atoms with van der Waals surface area (Å²) in [5.41, 5.74) is 4.59. The molecule has 0 saturated heterocycles. The van der Waals surface area contributed by atoms with Crippen molar-refractivity contribution in [1.29, 1.82) is 5.26 Å². The van der Waals surface area contributed by atoms with E-state index in [1.54, 1.807) is 39.0 Å². The number of nitrogens with zero attached hydrogens (tertiary/aromatic N) is 2. The molecule has 1 aromatic heterocycles. The second-order valence-electron chi connectivity index (χ2n) is 6.73. The zero-order valence-electron chi connectivity index (χ0n) is 13.8. The number of hydrogen-bond acceptors (Lipinski definition) is 5. The second kappa shape index (κ2) is 5.11. The number of hydrogen-bond donors (Lipinski definition) is 2. The van der Waals surface area contributed by atoms with Crippen LogP contribution in [0.1, 0.15) is 37.9 Å². The van der Waals surface area contributed by atoms with Gasteiger partial charge in [-0.3, -0.25) is 4.79 Å². The van der Waals surface area contributed by atoms with Crippen LogP contribution < -0.4 is 16.0 Å². The van der Waals surface area contributed by atoms with Crippen molar-refractivity contribution < 1.29 is 9.84 Å². The van der Waals surface area contributed by atoms with Crippen LogP contribution in [0.5, 0.6) is 5.75 Å². The van der Waals surface area contributed by atoms with Gasteiger partial charge in [0.25, 0.3) is 5.56 Å². The highest BCUT2D eigenvalue weighted by Crippen LogP contribution is 2.47. The summed E-state index contributed by atoms with van der Waals surface area (Å²) in [4.78, 5) is 12.4. The molecule has 0 fully saturated rings. The molecular weight excluding hydrogens is 306 g/mol. The number of rotatable bonds is 1. The van der Waals surface area contributed by atoms with Gasteiger partial charge in [-0.2, -0.15) is 5.26 Å². The first-order chi connectivity index (χ1) is 11.2. The third-order valence-corrected chi connectivity index (χ3v) is 4.79. The smallest absolute Gasteiger partial charge is 0.251 e. The molecule has 1 aromatic carbocycles. The Morgan fingerprint density at radius 2 is 2.00 bits per heavy atom. The molecular formula is C18H19N3O3. The molecule has 0 aliphatic carbocycles. The number of nitriles is 1. The molecule has 3 N–H and O–H groups in total. The van der Waals surface area contributed by atoms with Crippen LogP contribution in [0.3, 0.4) is 0 Å². The lowest BCUT2D eigenvalue weighted by molar-refractivity contribution is -0.139. The van der Waals surface area contributed by atoms with E-state index in [9.17, 15) is 15.2 Å². The Morgan fingerprint density at radius 1 is 1.29 bits per heavy atom. The van der Waals surface area contributed by atoms with Gasteiger partial charge in [0, 0.05) is 23.5 Å². The fraction of sp³-hybridized carbons (Fsp3) is 0.333. The van der Waals surface area contributed by atoms with Gasteiger partial charge < -0.3 is 20.1 Å². The van der Waals surface area contributed by atoms with E-state index in [1.807, 2.05) is 0 Å². The molecule has 3 rings (SSSR count). The molecule has 24 heavy (non-hydrogen) atoms. The topological polar surface area (TPSA) is 101 Å². The Balaban J connectivity index is 2.35. The van der Waals surface area contributed by atoms with E-state index in [1.165, 1.54) is 22.9 Å². The summed E-state index contributed by atoms with van der Waals surface area (Å²) in [6, 6.07) is 9.19. The predicted octanol–water partition coefficient (Wildman–Crippen LogP) is 1.81. The van der Waals surface area contributed by atoms with Crippen molar-refractivity contribution in [2.45, 2.75) is 38.0 Å². The summed E-state index contributed by atoms with van der Waals surface area (Å²) in [7, 11) is 0. The van der Waals surface area contributed by atoms with Crippen LogP contribution in [0.4, 0.5) is 5.69 Å². The average molecular weight is 325 g/mol. The highest BCUT2D eigenvalue weighted by atomic mass is 16.5. The summed E-state index contributed by atoms with van der Waals surface area (Å²) in [5.74, 6) is 0.532. The molecule has 6 heteroatoms. The number of nitrogen functional groups attached to an aromatic ring is 1. The van der Waals surface area contributed by atoms with Crippen LogP contribution in [-0.2, 0) is 0 Å². The summed E-state index contributed by atoms with van der Waals surface area (Å²) in [6.45, 7) is 5.15. The zero-order chi connectivity index (χ0) is 17.7. The molecule has 0 radical (unpaired) electrons. The quantitative estimate of drug-likeness (QED) is 0.832. The van der Waals surface area contributed by atoms with Crippen LogP contribution in [-0.4, -0.2) is 20.9 Å². The summed E-state index contributed by atoms with van der Waals surface area (Å²) in [5, 5.41) is 20.4. The lowest BCUT2D eigenvalue weighted by Crippen LogP contribution is -2.60. The molecule has 6 nitrogen and oxygen atoms in total. The van der Waals surface area contributed by atoms with Crippen molar-refractivity contribution in [1.82, 2.24) is 4.57 Å². The Kier molecular flexibility index (Phi) is 3.43. The molecule has 0 amide bonds. The van der Waals surface area contributed by atoms with E-state index in [-0.39, 0.29) is 5.56 Å². The van der Waals surface area contributed by atoms with Gasteiger partial charge in [-0.05, 0) is 45.0 Å². The normalized spacial score (nSPS) is 24.5. The first kappa shape index (κ1) is 16.1. The first-order valence-corrected chi connectivity index (χ1v) is 7.60. The van der Waals surface area contributed by atoms with E-state index >= 15 is 0 Å². The summed E-state index contributed by atoms with van der Waals surface area (Å²) >= 11 is 0. The highest BCUT2D eigenvalue weighted by Gasteiger charge is 2.53. The fourth-order valence-electron chi connectivity index (χ4n) is 3.08. The van der Waals surface area contributed by atoms with Gasteiger partial charge >= 0.3 is 0 Å². The molecule has 124 valence electrons. The van der Waals surface area contributed by atoms with Crippen molar-refractivity contribution in [3.63, 3.8) is 0 Å². The molecule has 2 atom stereocenters. The van der Waals surface area contributed by atoms with E-state index in [4.69, 9.17) is 10.5 Å². The van der Waals surface area contributed by atoms with Gasteiger partial charge in [-0.15, -0.1) is 0 Å². The van der Waals surface area contributed by atoms with Gasteiger partial charge in [-0.1, -0.05) is 0 Å². The molecule has 2 unspecified atom stereocenters. The Bertz CT molecular complexity index is 906. The second-order valence-corrected chi connectivity index (χ2v) is 6.73. The van der Waals surface area contributed by atoms with E-state index in [0.717, 1.165) is 0 Å². The largest absolute Gasteiger partial charge is 0.484 e. The zero-order valence-corrected chi connectivity index (χ0v) is 13.8. The third-order valence-electron chi connectivity index (χ3n) is 4.79. The maximum Gasteiger partial charge on any atom is 0.251 e. The van der Waals surface area contributed by atoms with Crippen LogP contribution in [0.2, 0.25) is 0 Å². The molecule has 0 spiro atoms. The number of aromatic nitrogens is 1. The van der Waals surface area contributed by atoms with Gasteiger partial charge in [-0.25, -0.2) is 0 Å². The molecule has 0 saturated carbocycles. The molecule has 0 bridgehead atoms. The minimum absolute atomic E-state index is 0.291. The number of ether oxygens (including phenoxy) is 1. The fourth-order valence-corrected chi connectivity index (χ4v) is 3.08. The van der Waals surface area contributed by atoms with Crippen LogP contribution in [0.15, 0.2) is 41.3 Å². The lowest BCUT2D eigenvalue weighted by Gasteiger charge is -2.49. The lowest BCUT2D eigenvalue weighted by atomic mass is 9.75. The average Bonchev–Trinajstić information content (AvgIpc) is 2.51. The van der Waals surface area contributed by atoms with Crippen LogP contribution in [0, 0.1) is 11.3 Å². The van der Waals surface area contributed by atoms with Crippen molar-refractivity contribution >= 4 is 5.69 Å². The van der Waals surface area contributed by atoms with Crippen molar-refractivity contribution in [2.24, 2.45) is 0 Å². The number of fused-ring (bicyclic) bond motifs is 1. The van der Waals surface area contributed by atoms with Crippen LogP contribution in [0.25, 0.3) is 0 Å². The predicted molar refractivity (Wildman–Crippen MR) is 89.7 cm³/mol. The highest BCUT2D eigenvalue weighted by molar-refractivity contribution is 5.48. The van der Waals surface area contributed by atoms with Crippen molar-refractivity contribution in [3.05, 3.63) is 58.0 Å². The van der Waals surface area contributed by atoms with E-state index < -0.39 is 17.2 Å². The standard InChI is InChI=1S/C18H19N3O3/c1-17(2)18(3,23)16(21-10-12(20)5-7-15(21)22)13-8-11(9-19)4-6-14(13)24-17/h4-8,10,16,23H,20H2,1-3H3. The minimum Gasteiger partial charge on any atom is -0.484 e. The van der Waals surface area contributed by atoms with Gasteiger partial charge in [0.05, 0.1) is 17.7 Å². The number of nitrogens with two attached hydrogens (primary N) is 1. The molecule has 1 aliphatic rings. The maximum absolute atomic E-state index is 12.4. The Morgan fingerprint density at radius 3 is 2.67 bits per heavy atom.